The van der Waals surface area contributed by atoms with Gasteiger partial charge in [-0.15, -0.1) is 0 Å². The fourth-order valence-corrected chi connectivity index (χ4v) is 6.64. The van der Waals surface area contributed by atoms with Crippen molar-refractivity contribution >= 4 is 33.9 Å². The number of imide groups is 1. The lowest BCUT2D eigenvalue weighted by atomic mass is 10.1. The highest BCUT2D eigenvalue weighted by Gasteiger charge is 2.36. The molecule has 0 saturated carbocycles. The molecule has 0 saturated heterocycles. The van der Waals surface area contributed by atoms with Gasteiger partial charge in [0.15, 0.2) is 11.3 Å². The summed E-state index contributed by atoms with van der Waals surface area (Å²) in [7, 11) is 0. The molecule has 0 atom stereocenters. The van der Waals surface area contributed by atoms with Gasteiger partial charge in [0.25, 0.3) is 11.8 Å². The molecule has 0 unspecified atom stereocenters. The number of aromatic amines is 2. The number of H-pyrrole nitrogens is 2. The van der Waals surface area contributed by atoms with Crippen LogP contribution < -0.4 is 5.73 Å². The summed E-state index contributed by atoms with van der Waals surface area (Å²) in [6.07, 6.45) is 3.31. The first kappa shape index (κ1) is 35.8. The summed E-state index contributed by atoms with van der Waals surface area (Å²) in [5, 5.41) is 24.6. The van der Waals surface area contributed by atoms with Crippen LogP contribution in [0, 0.1) is 11.6 Å². The van der Waals surface area contributed by atoms with Gasteiger partial charge in [-0.05, 0) is 48.5 Å². The van der Waals surface area contributed by atoms with Crippen LogP contribution in [0.5, 0.6) is 0 Å². The monoisotopic (exact) mass is 776 g/mol. The molecule has 286 valence electrons. The summed E-state index contributed by atoms with van der Waals surface area (Å²) in [6, 6.07) is 27.1. The normalized spacial score (nSPS) is 12.4. The molecule has 7 heterocycles. The molecule has 9 aromatic rings. The van der Waals surface area contributed by atoms with E-state index in [2.05, 4.69) is 50.5 Å². The molecule has 0 spiro atoms. The zero-order valence-corrected chi connectivity index (χ0v) is 30.3. The number of amides is 2. The smallest absolute Gasteiger partial charge is 0.261 e. The van der Waals surface area contributed by atoms with E-state index >= 15 is 0 Å². The van der Waals surface area contributed by atoms with Crippen LogP contribution in [-0.4, -0.2) is 76.6 Å². The van der Waals surface area contributed by atoms with Gasteiger partial charge in [-0.2, -0.15) is 20.4 Å². The van der Waals surface area contributed by atoms with Gasteiger partial charge in [0.2, 0.25) is 11.6 Å². The van der Waals surface area contributed by atoms with Crippen LogP contribution in [-0.2, 0) is 26.2 Å². The average Bonchev–Trinajstić information content (AvgIpc) is 4.10. The van der Waals surface area contributed by atoms with Crippen LogP contribution in [0.1, 0.15) is 43.5 Å². The van der Waals surface area contributed by atoms with Gasteiger partial charge < -0.3 is 5.73 Å². The second-order valence-electron chi connectivity index (χ2n) is 13.1. The minimum Gasteiger partial charge on any atom is -0.324 e. The summed E-state index contributed by atoms with van der Waals surface area (Å²) in [4.78, 5) is 44.0. The molecule has 0 radical (unpaired) electrons. The zero-order valence-electron chi connectivity index (χ0n) is 30.3. The van der Waals surface area contributed by atoms with Gasteiger partial charge >= 0.3 is 0 Å². The van der Waals surface area contributed by atoms with Crippen molar-refractivity contribution in [2.75, 3.05) is 0 Å². The summed E-state index contributed by atoms with van der Waals surface area (Å²) in [6.45, 7) is 0.672. The Morgan fingerprint density at radius 3 is 1.52 bits per heavy atom. The first-order valence-corrected chi connectivity index (χ1v) is 17.9. The number of nitrogens with one attached hydrogen (secondary N) is 2. The topological polar surface area (TPSA) is 208 Å². The van der Waals surface area contributed by atoms with Crippen molar-refractivity contribution in [3.63, 3.8) is 0 Å². The second-order valence-corrected chi connectivity index (χ2v) is 13.1. The number of benzene rings is 3. The standard InChI is InChI=1S/C24H16FN7O2.C16H14FN7/c25-18-10-4-1-6-14(18)12-32-22-17(9-5-11-26-22)20(30-32)21-27-19(28-29-21)13-31-23(33)15-7-2-3-8-16(15)24(31)34;17-12-6-2-1-4-10(12)9-24-16-11(5-3-7-19-16)14(23-24)15-20-13(8-18)21-22-15/h1-11H,12-13H2,(H,27,28,29);1-7H,8-9,18H2,(H,20,21,22). The average molecular weight is 777 g/mol. The second kappa shape index (κ2) is 15.0. The van der Waals surface area contributed by atoms with E-state index in [4.69, 9.17) is 5.73 Å². The van der Waals surface area contributed by atoms with Crippen LogP contribution in [0.3, 0.4) is 0 Å². The lowest BCUT2D eigenvalue weighted by Gasteiger charge is -2.10. The van der Waals surface area contributed by atoms with Crippen molar-refractivity contribution in [3.8, 4) is 23.0 Å². The van der Waals surface area contributed by atoms with E-state index in [9.17, 15) is 18.4 Å². The lowest BCUT2D eigenvalue weighted by Crippen LogP contribution is -2.29. The van der Waals surface area contributed by atoms with Crippen molar-refractivity contribution in [1.82, 2.24) is 64.8 Å². The molecule has 6 aromatic heterocycles. The first-order valence-electron chi connectivity index (χ1n) is 17.9. The molecular formula is C40H30F2N14O2. The molecule has 58 heavy (non-hydrogen) atoms. The quantitative estimate of drug-likeness (QED) is 0.165. The maximum Gasteiger partial charge on any atom is 0.261 e. The Hall–Kier alpha value is -7.86. The highest BCUT2D eigenvalue weighted by atomic mass is 19.1. The molecule has 1 aliphatic heterocycles. The summed E-state index contributed by atoms with van der Waals surface area (Å²) >= 11 is 0. The minimum absolute atomic E-state index is 0.0501. The summed E-state index contributed by atoms with van der Waals surface area (Å²) in [5.74, 6) is 0.296. The molecule has 10 rings (SSSR count). The number of fused-ring (bicyclic) bond motifs is 3. The number of nitrogens with zero attached hydrogens (tertiary/aromatic N) is 11. The highest BCUT2D eigenvalue weighted by molar-refractivity contribution is 6.21. The van der Waals surface area contributed by atoms with E-state index in [-0.39, 0.29) is 55.5 Å². The fraction of sp³-hybridized carbons (Fsp3) is 0.100. The Labute approximate surface area is 326 Å². The van der Waals surface area contributed by atoms with Crippen LogP contribution in [0.15, 0.2) is 109 Å². The maximum absolute atomic E-state index is 14.2. The number of pyridine rings is 2. The van der Waals surface area contributed by atoms with Gasteiger partial charge in [0, 0.05) is 23.5 Å². The van der Waals surface area contributed by atoms with Crippen molar-refractivity contribution in [3.05, 3.63) is 155 Å². The highest BCUT2D eigenvalue weighted by Crippen LogP contribution is 2.28. The lowest BCUT2D eigenvalue weighted by molar-refractivity contribution is 0.0638. The van der Waals surface area contributed by atoms with E-state index in [0.717, 1.165) is 10.3 Å². The van der Waals surface area contributed by atoms with Gasteiger partial charge in [-0.25, -0.2) is 38.1 Å². The van der Waals surface area contributed by atoms with Gasteiger partial charge in [-0.1, -0.05) is 48.5 Å². The third-order valence-electron chi connectivity index (χ3n) is 9.44. The molecule has 18 heteroatoms. The predicted octanol–water partition coefficient (Wildman–Crippen LogP) is 5.06. The van der Waals surface area contributed by atoms with Crippen molar-refractivity contribution < 1.29 is 18.4 Å². The number of halogens is 2. The molecule has 4 N–H and O–H groups in total. The van der Waals surface area contributed by atoms with E-state index in [1.54, 1.807) is 88.5 Å². The Morgan fingerprint density at radius 1 is 0.569 bits per heavy atom. The molecule has 1 aliphatic rings. The number of nitrogens with two attached hydrogens (primary N) is 1. The molecule has 0 bridgehead atoms. The third kappa shape index (κ3) is 6.62. The number of aromatic nitrogens is 12. The van der Waals surface area contributed by atoms with E-state index in [1.165, 1.54) is 12.1 Å². The number of carbonyl (C=O) groups is 2. The number of hydrogen-bond acceptors (Lipinski definition) is 11. The minimum atomic E-state index is -0.373. The first-order chi connectivity index (χ1) is 28.4. The molecule has 2 amide bonds. The van der Waals surface area contributed by atoms with E-state index in [1.807, 2.05) is 18.2 Å². The molecule has 3 aromatic carbocycles. The Bertz CT molecular complexity index is 2950. The number of hydrogen-bond donors (Lipinski definition) is 3. The molecule has 16 nitrogen and oxygen atoms in total. The Balaban J connectivity index is 0.000000160. The summed E-state index contributed by atoms with van der Waals surface area (Å²) < 4.78 is 31.4. The third-order valence-corrected chi connectivity index (χ3v) is 9.44. The summed E-state index contributed by atoms with van der Waals surface area (Å²) in [5.41, 5.74) is 9.58. The van der Waals surface area contributed by atoms with Crippen molar-refractivity contribution in [1.29, 1.82) is 0 Å². The SMILES string of the molecule is NCc1nc(-c2nn(Cc3ccccc3F)c3ncccc23)n[nH]1.O=C1c2ccccc2C(=O)N1Cc1nc(-c2nn(Cc3ccccc3F)c3ncccc23)n[nH]1. The predicted molar refractivity (Wildman–Crippen MR) is 205 cm³/mol. The maximum atomic E-state index is 14.2. The van der Waals surface area contributed by atoms with E-state index < -0.39 is 0 Å². The molecule has 0 fully saturated rings. The van der Waals surface area contributed by atoms with E-state index in [0.29, 0.717) is 67.8 Å². The molecular weight excluding hydrogens is 747 g/mol. The number of rotatable bonds is 9. The van der Waals surface area contributed by atoms with Crippen molar-refractivity contribution in [2.24, 2.45) is 5.73 Å². The van der Waals surface area contributed by atoms with Crippen LogP contribution in [0.25, 0.3) is 45.1 Å². The number of carbonyl (C=O) groups excluding carboxylic acids is 2. The Kier molecular flexibility index (Phi) is 9.26. The Morgan fingerprint density at radius 2 is 1.03 bits per heavy atom. The molecule has 0 aliphatic carbocycles. The van der Waals surface area contributed by atoms with Crippen molar-refractivity contribution in [2.45, 2.75) is 26.2 Å². The fourth-order valence-electron chi connectivity index (χ4n) is 6.64. The van der Waals surface area contributed by atoms with Gasteiger partial charge in [0.05, 0.1) is 48.1 Å². The van der Waals surface area contributed by atoms with Gasteiger partial charge in [0.1, 0.15) is 34.7 Å². The van der Waals surface area contributed by atoms with Crippen LogP contribution in [0.4, 0.5) is 8.78 Å². The largest absolute Gasteiger partial charge is 0.324 e. The van der Waals surface area contributed by atoms with Gasteiger partial charge in [-0.3, -0.25) is 24.7 Å². The zero-order chi connectivity index (χ0) is 39.8. The van der Waals surface area contributed by atoms with Crippen LogP contribution >= 0.6 is 0 Å². The van der Waals surface area contributed by atoms with Crippen LogP contribution in [0.2, 0.25) is 0 Å².